The number of aliphatic hydroxyl groups is 1. The molecule has 12 nitrogen and oxygen atoms in total. The van der Waals surface area contributed by atoms with E-state index in [9.17, 15) is 31.5 Å². The first-order chi connectivity index (χ1) is 19.3. The summed E-state index contributed by atoms with van der Waals surface area (Å²) in [4.78, 5) is 19.7. The predicted octanol–water partition coefficient (Wildman–Crippen LogP) is 3.20. The molecule has 4 rings (SSSR count). The Hall–Kier alpha value is -3.66. The number of aliphatic hydroxyl groups excluding tert-OH is 1. The van der Waals surface area contributed by atoms with Crippen LogP contribution in [0.4, 0.5) is 19.0 Å². The maximum absolute atomic E-state index is 13.4. The van der Waals surface area contributed by atoms with Gasteiger partial charge in [-0.15, -0.1) is 5.10 Å². The minimum absolute atomic E-state index is 0.0190. The first-order valence-electron chi connectivity index (χ1n) is 13.1. The molecule has 0 bridgehead atoms. The van der Waals surface area contributed by atoms with Crippen molar-refractivity contribution in [1.82, 2.24) is 29.3 Å². The summed E-state index contributed by atoms with van der Waals surface area (Å²) in [5.41, 5.74) is -2.66. The minimum atomic E-state index is -4.47. The monoisotopic (exact) mass is 613 g/mol. The van der Waals surface area contributed by atoms with E-state index in [1.54, 1.807) is 0 Å². The molecule has 3 aromatic rings. The first kappa shape index (κ1) is 31.3. The molecule has 1 amide bonds. The van der Waals surface area contributed by atoms with Crippen LogP contribution in [0, 0.1) is 11.3 Å². The third-order valence-corrected chi connectivity index (χ3v) is 8.49. The summed E-state index contributed by atoms with van der Waals surface area (Å²) in [6.45, 7) is 7.31. The van der Waals surface area contributed by atoms with Gasteiger partial charge in [0.25, 0.3) is 15.9 Å². The Kier molecular flexibility index (Phi) is 8.10. The average Bonchev–Trinajstić information content (AvgIpc) is 3.57. The number of sulfonamides is 1. The van der Waals surface area contributed by atoms with Crippen LogP contribution < -0.4 is 14.4 Å². The molecule has 0 unspecified atom stereocenters. The molecule has 0 aromatic carbocycles. The largest absolute Gasteiger partial charge is 0.476 e. The van der Waals surface area contributed by atoms with Gasteiger partial charge in [0.2, 0.25) is 5.88 Å². The lowest BCUT2D eigenvalue weighted by Crippen LogP contribution is -2.41. The number of carbonyl (C=O) groups is 1. The molecule has 1 atom stereocenters. The van der Waals surface area contributed by atoms with E-state index in [1.807, 2.05) is 25.7 Å². The first-order valence-corrected chi connectivity index (χ1v) is 14.6. The maximum Gasteiger partial charge on any atom is 0.397 e. The number of amides is 1. The summed E-state index contributed by atoms with van der Waals surface area (Å²) in [7, 11) is -2.91. The second-order valence-electron chi connectivity index (χ2n) is 11.7. The van der Waals surface area contributed by atoms with Gasteiger partial charge in [0.1, 0.15) is 23.0 Å². The lowest BCUT2D eigenvalue weighted by Gasteiger charge is -2.34. The highest BCUT2D eigenvalue weighted by atomic mass is 32.2. The molecule has 230 valence electrons. The molecule has 16 heteroatoms. The van der Waals surface area contributed by atoms with Gasteiger partial charge in [0.15, 0.2) is 5.82 Å². The number of halogens is 3. The maximum atomic E-state index is 13.4. The zero-order valence-electron chi connectivity index (χ0n) is 24.1. The highest BCUT2D eigenvalue weighted by Gasteiger charge is 2.48. The van der Waals surface area contributed by atoms with Crippen molar-refractivity contribution in [1.29, 1.82) is 0 Å². The number of anilines is 1. The van der Waals surface area contributed by atoms with E-state index in [0.717, 1.165) is 20.3 Å². The number of hydrogen-bond acceptors (Lipinski definition) is 9. The Bertz CT molecular complexity index is 1580. The second kappa shape index (κ2) is 10.9. The lowest BCUT2D eigenvalue weighted by molar-refractivity contribution is -0.219. The molecule has 0 radical (unpaired) electrons. The van der Waals surface area contributed by atoms with Crippen molar-refractivity contribution in [2.45, 2.75) is 64.3 Å². The van der Waals surface area contributed by atoms with Gasteiger partial charge in [-0.1, -0.05) is 6.92 Å². The number of alkyl halides is 3. The van der Waals surface area contributed by atoms with Crippen molar-refractivity contribution >= 4 is 21.7 Å². The van der Waals surface area contributed by atoms with E-state index >= 15 is 0 Å². The van der Waals surface area contributed by atoms with Crippen molar-refractivity contribution in [3.05, 3.63) is 41.9 Å². The van der Waals surface area contributed by atoms with E-state index in [0.29, 0.717) is 6.54 Å². The van der Waals surface area contributed by atoms with E-state index in [2.05, 4.69) is 19.9 Å². The van der Waals surface area contributed by atoms with Crippen LogP contribution in [0.3, 0.4) is 0 Å². The zero-order chi connectivity index (χ0) is 31.3. The number of aromatic nitrogens is 5. The summed E-state index contributed by atoms with van der Waals surface area (Å²) < 4.78 is 75.7. The number of aryl methyl sites for hydroxylation is 1. The lowest BCUT2D eigenvalue weighted by atomic mass is 9.94. The Balaban J connectivity index is 1.68. The fourth-order valence-electron chi connectivity index (χ4n) is 4.84. The highest BCUT2D eigenvalue weighted by molar-refractivity contribution is 7.90. The fraction of sp³-hybridized carbons (Fsp3) is 0.538. The number of rotatable bonds is 9. The predicted molar refractivity (Wildman–Crippen MR) is 146 cm³/mol. The van der Waals surface area contributed by atoms with Crippen molar-refractivity contribution in [3.8, 4) is 11.7 Å². The van der Waals surface area contributed by atoms with Crippen molar-refractivity contribution in [2.24, 2.45) is 18.4 Å². The van der Waals surface area contributed by atoms with E-state index in [4.69, 9.17) is 4.74 Å². The highest BCUT2D eigenvalue weighted by Crippen LogP contribution is 2.39. The molecule has 3 aromatic heterocycles. The molecule has 1 fully saturated rings. The van der Waals surface area contributed by atoms with Gasteiger partial charge in [-0.2, -0.15) is 18.3 Å². The normalized spacial score (nSPS) is 17.5. The van der Waals surface area contributed by atoms with Gasteiger partial charge in [-0.05, 0) is 52.2 Å². The van der Waals surface area contributed by atoms with Gasteiger partial charge in [-0.3, -0.25) is 9.48 Å². The molecule has 4 heterocycles. The third kappa shape index (κ3) is 6.23. The second-order valence-corrected chi connectivity index (χ2v) is 13.4. The Morgan fingerprint density at radius 2 is 1.90 bits per heavy atom. The zero-order valence-corrected chi connectivity index (χ0v) is 24.9. The summed E-state index contributed by atoms with van der Waals surface area (Å²) in [6, 6.07) is 4.25. The number of hydrogen-bond donors (Lipinski definition) is 2. The van der Waals surface area contributed by atoms with Gasteiger partial charge >= 0.3 is 6.18 Å². The summed E-state index contributed by atoms with van der Waals surface area (Å²) in [5.74, 6) is -0.297. The van der Waals surface area contributed by atoms with Crippen LogP contribution in [0.15, 0.2) is 35.5 Å². The van der Waals surface area contributed by atoms with Crippen LogP contribution >= 0.6 is 0 Å². The molecule has 1 saturated heterocycles. The van der Waals surface area contributed by atoms with Gasteiger partial charge < -0.3 is 14.7 Å². The molecule has 1 aliphatic heterocycles. The summed E-state index contributed by atoms with van der Waals surface area (Å²) >= 11 is 0. The Morgan fingerprint density at radius 3 is 2.50 bits per heavy atom. The number of carbonyl (C=O) groups excluding carboxylic acids is 1. The molecule has 2 N–H and O–H groups in total. The molecular weight excluding hydrogens is 579 g/mol. The standard InChI is InChI=1S/C26H34F3N7O5S/c1-16-11-25(4,5)35(12-16)22-17(23(38)33-42(39,40)19-13-34(6)31-18(19)14-37)7-8-20(30-22)36-10-9-21(32-36)41-15-24(2,3)26(27,28)29/h7-10,13,16,37H,11-12,14-15H2,1-6H3,(H,33,38)/t16-/m0/s1. The number of ether oxygens (including phenoxy) is 1. The van der Waals surface area contributed by atoms with Crippen LogP contribution in [0.25, 0.3) is 5.82 Å². The Morgan fingerprint density at radius 1 is 1.21 bits per heavy atom. The molecule has 0 spiro atoms. The number of nitrogens with zero attached hydrogens (tertiary/aromatic N) is 6. The van der Waals surface area contributed by atoms with Gasteiger partial charge in [0, 0.05) is 37.6 Å². The fourth-order valence-corrected chi connectivity index (χ4v) is 6.01. The van der Waals surface area contributed by atoms with Crippen LogP contribution in [-0.4, -0.2) is 68.8 Å². The summed E-state index contributed by atoms with van der Waals surface area (Å²) in [5, 5.41) is 17.6. The molecule has 1 aliphatic rings. The average molecular weight is 614 g/mol. The van der Waals surface area contributed by atoms with Crippen LogP contribution in [0.5, 0.6) is 5.88 Å². The van der Waals surface area contributed by atoms with Crippen LogP contribution in [-0.2, 0) is 23.7 Å². The topological polar surface area (TPSA) is 144 Å². The smallest absolute Gasteiger partial charge is 0.397 e. The van der Waals surface area contributed by atoms with E-state index in [1.165, 1.54) is 47.0 Å². The van der Waals surface area contributed by atoms with Gasteiger partial charge in [0.05, 0.1) is 17.6 Å². The number of pyridine rings is 1. The third-order valence-electron chi connectivity index (χ3n) is 7.11. The quantitative estimate of drug-likeness (QED) is 0.372. The van der Waals surface area contributed by atoms with Crippen molar-refractivity contribution in [2.75, 3.05) is 18.1 Å². The van der Waals surface area contributed by atoms with E-state index in [-0.39, 0.29) is 39.6 Å². The molecular formula is C26H34F3N7O5S. The molecule has 0 saturated carbocycles. The van der Waals surface area contributed by atoms with Crippen molar-refractivity contribution < 1.29 is 36.2 Å². The van der Waals surface area contributed by atoms with Gasteiger partial charge in [-0.25, -0.2) is 22.8 Å². The number of nitrogens with one attached hydrogen (secondary N) is 1. The molecule has 42 heavy (non-hydrogen) atoms. The van der Waals surface area contributed by atoms with E-state index < -0.39 is 46.3 Å². The summed E-state index contributed by atoms with van der Waals surface area (Å²) in [6.07, 6.45) is -1.04. The SMILES string of the molecule is C[C@@H]1CN(c2nc(-n3ccc(OCC(C)(C)C(F)(F)F)n3)ccc2C(=O)NS(=O)(=O)c2cn(C)nc2CO)C(C)(C)C1. The van der Waals surface area contributed by atoms with Crippen LogP contribution in [0.1, 0.15) is 57.1 Å². The Labute approximate surface area is 241 Å². The molecule has 0 aliphatic carbocycles. The van der Waals surface area contributed by atoms with Crippen LogP contribution in [0.2, 0.25) is 0 Å². The van der Waals surface area contributed by atoms with Crippen molar-refractivity contribution in [3.63, 3.8) is 0 Å². The minimum Gasteiger partial charge on any atom is -0.476 e.